The molecule has 1 aliphatic rings. The van der Waals surface area contributed by atoms with E-state index in [9.17, 15) is 9.59 Å². The summed E-state index contributed by atoms with van der Waals surface area (Å²) in [7, 11) is 1.52. The number of hydrogen-bond donors (Lipinski definition) is 1. The van der Waals surface area contributed by atoms with Crippen molar-refractivity contribution in [1.29, 1.82) is 0 Å². The normalized spacial score (nSPS) is 14.6. The van der Waals surface area contributed by atoms with E-state index in [0.29, 0.717) is 17.2 Å². The maximum atomic E-state index is 12.2. The van der Waals surface area contributed by atoms with E-state index in [1.54, 1.807) is 18.2 Å². The van der Waals surface area contributed by atoms with Gasteiger partial charge in [-0.3, -0.25) is 4.79 Å². The van der Waals surface area contributed by atoms with E-state index in [2.05, 4.69) is 0 Å². The Morgan fingerprint density at radius 2 is 2.16 bits per heavy atom. The molecule has 0 atom stereocenters. The standard InChI is InChI=1S/C14H13NO4/c1-19-9-4-5-12-10(6-9)13(16)11(14(17)18)7-15(12)8-2-3-8/h4-8H,2-3H2,1H3,(H,17,18). The molecule has 0 saturated heterocycles. The summed E-state index contributed by atoms with van der Waals surface area (Å²) in [6.07, 6.45) is 3.49. The van der Waals surface area contributed by atoms with Gasteiger partial charge in [-0.25, -0.2) is 4.79 Å². The van der Waals surface area contributed by atoms with Crippen molar-refractivity contribution in [2.45, 2.75) is 18.9 Å². The number of hydrogen-bond acceptors (Lipinski definition) is 3. The molecule has 5 nitrogen and oxygen atoms in total. The van der Waals surface area contributed by atoms with Gasteiger partial charge in [0.15, 0.2) is 0 Å². The Bertz CT molecular complexity index is 728. The van der Waals surface area contributed by atoms with Crippen molar-refractivity contribution in [3.8, 4) is 5.75 Å². The van der Waals surface area contributed by atoms with E-state index >= 15 is 0 Å². The molecular formula is C14H13NO4. The Labute approximate surface area is 109 Å². The summed E-state index contributed by atoms with van der Waals surface area (Å²) in [5.74, 6) is -0.640. The Hall–Kier alpha value is -2.30. The van der Waals surface area contributed by atoms with Gasteiger partial charge in [0.25, 0.3) is 0 Å². The SMILES string of the molecule is COc1ccc2c(c1)c(=O)c(C(=O)O)cn2C1CC1. The van der Waals surface area contributed by atoms with Crippen molar-refractivity contribution >= 4 is 16.9 Å². The highest BCUT2D eigenvalue weighted by Gasteiger charge is 2.26. The van der Waals surface area contributed by atoms with Gasteiger partial charge in [0.2, 0.25) is 5.43 Å². The number of carboxylic acids is 1. The Morgan fingerprint density at radius 1 is 1.42 bits per heavy atom. The topological polar surface area (TPSA) is 68.5 Å². The zero-order valence-corrected chi connectivity index (χ0v) is 10.4. The second kappa shape index (κ2) is 4.12. The molecule has 1 aromatic carbocycles. The fourth-order valence-corrected chi connectivity index (χ4v) is 2.27. The largest absolute Gasteiger partial charge is 0.497 e. The van der Waals surface area contributed by atoms with Gasteiger partial charge in [-0.2, -0.15) is 0 Å². The predicted molar refractivity (Wildman–Crippen MR) is 70.0 cm³/mol. The van der Waals surface area contributed by atoms with Crippen molar-refractivity contribution in [2.75, 3.05) is 7.11 Å². The number of fused-ring (bicyclic) bond motifs is 1. The third-order valence-electron chi connectivity index (χ3n) is 3.41. The number of rotatable bonds is 3. The van der Waals surface area contributed by atoms with Gasteiger partial charge < -0.3 is 14.4 Å². The van der Waals surface area contributed by atoms with Crippen molar-refractivity contribution in [1.82, 2.24) is 4.57 Å². The average Bonchev–Trinajstić information content (AvgIpc) is 3.23. The van der Waals surface area contributed by atoms with E-state index in [0.717, 1.165) is 18.4 Å². The summed E-state index contributed by atoms with van der Waals surface area (Å²) >= 11 is 0. The summed E-state index contributed by atoms with van der Waals surface area (Å²) < 4.78 is 6.99. The number of carboxylic acid groups (broad SMARTS) is 1. The number of pyridine rings is 1. The minimum absolute atomic E-state index is 0.187. The molecule has 0 unspecified atom stereocenters. The minimum atomic E-state index is -1.19. The Morgan fingerprint density at radius 3 is 2.74 bits per heavy atom. The zero-order valence-electron chi connectivity index (χ0n) is 10.4. The van der Waals surface area contributed by atoms with Gasteiger partial charge in [0.1, 0.15) is 11.3 Å². The lowest BCUT2D eigenvalue weighted by Crippen LogP contribution is -2.18. The molecule has 3 rings (SSSR count). The number of aromatic carboxylic acids is 1. The van der Waals surface area contributed by atoms with Gasteiger partial charge in [-0.1, -0.05) is 0 Å². The third-order valence-corrected chi connectivity index (χ3v) is 3.41. The fourth-order valence-electron chi connectivity index (χ4n) is 2.27. The summed E-state index contributed by atoms with van der Waals surface area (Å²) in [6, 6.07) is 5.48. The van der Waals surface area contributed by atoms with Crippen LogP contribution in [0.1, 0.15) is 29.2 Å². The monoisotopic (exact) mass is 259 g/mol. The van der Waals surface area contributed by atoms with E-state index in [1.165, 1.54) is 13.3 Å². The van der Waals surface area contributed by atoms with Gasteiger partial charge in [0, 0.05) is 12.2 Å². The Kier molecular flexibility index (Phi) is 2.55. The van der Waals surface area contributed by atoms with Crippen LogP contribution in [0, 0.1) is 0 Å². The van der Waals surface area contributed by atoms with Crippen molar-refractivity contribution in [3.63, 3.8) is 0 Å². The molecule has 1 N–H and O–H groups in total. The molecule has 0 spiro atoms. The van der Waals surface area contributed by atoms with Crippen molar-refractivity contribution in [2.24, 2.45) is 0 Å². The summed E-state index contributed by atoms with van der Waals surface area (Å²) in [4.78, 5) is 23.4. The van der Waals surface area contributed by atoms with Crippen LogP contribution < -0.4 is 10.2 Å². The number of aromatic nitrogens is 1. The number of methoxy groups -OCH3 is 1. The maximum absolute atomic E-state index is 12.2. The summed E-state index contributed by atoms with van der Waals surface area (Å²) in [5, 5.41) is 9.53. The lowest BCUT2D eigenvalue weighted by Gasteiger charge is -2.12. The van der Waals surface area contributed by atoms with E-state index in [-0.39, 0.29) is 5.56 Å². The highest BCUT2D eigenvalue weighted by Crippen LogP contribution is 2.37. The van der Waals surface area contributed by atoms with Crippen LogP contribution in [0.2, 0.25) is 0 Å². The molecular weight excluding hydrogens is 246 g/mol. The molecule has 1 saturated carbocycles. The molecule has 19 heavy (non-hydrogen) atoms. The van der Waals surface area contributed by atoms with Crippen LogP contribution >= 0.6 is 0 Å². The molecule has 0 radical (unpaired) electrons. The first-order valence-electron chi connectivity index (χ1n) is 6.08. The fraction of sp³-hybridized carbons (Fsp3) is 0.286. The highest BCUT2D eigenvalue weighted by molar-refractivity contribution is 5.93. The van der Waals surface area contributed by atoms with Crippen LogP contribution in [0.25, 0.3) is 10.9 Å². The molecule has 0 aliphatic heterocycles. The molecule has 0 bridgehead atoms. The van der Waals surface area contributed by atoms with Crippen LogP contribution in [0.3, 0.4) is 0 Å². The highest BCUT2D eigenvalue weighted by atomic mass is 16.5. The number of nitrogens with zero attached hydrogens (tertiary/aromatic N) is 1. The minimum Gasteiger partial charge on any atom is -0.497 e. The van der Waals surface area contributed by atoms with Crippen molar-refractivity contribution < 1.29 is 14.6 Å². The Balaban J connectivity index is 2.38. The van der Waals surface area contributed by atoms with Crippen LogP contribution in [-0.2, 0) is 0 Å². The van der Waals surface area contributed by atoms with E-state index in [1.807, 2.05) is 4.57 Å². The summed E-state index contributed by atoms with van der Waals surface area (Å²) in [6.45, 7) is 0. The molecule has 5 heteroatoms. The molecule has 1 heterocycles. The number of carbonyl (C=O) groups is 1. The molecule has 1 fully saturated rings. The smallest absolute Gasteiger partial charge is 0.341 e. The van der Waals surface area contributed by atoms with Gasteiger partial charge in [-0.05, 0) is 31.0 Å². The van der Waals surface area contributed by atoms with E-state index < -0.39 is 11.4 Å². The number of ether oxygens (including phenoxy) is 1. The molecule has 2 aromatic rings. The van der Waals surface area contributed by atoms with Crippen LogP contribution in [0.5, 0.6) is 5.75 Å². The lowest BCUT2D eigenvalue weighted by molar-refractivity contribution is 0.0695. The molecule has 0 amide bonds. The number of benzene rings is 1. The molecule has 1 aliphatic carbocycles. The molecule has 98 valence electrons. The average molecular weight is 259 g/mol. The lowest BCUT2D eigenvalue weighted by atomic mass is 10.1. The first-order chi connectivity index (χ1) is 9.11. The first-order valence-corrected chi connectivity index (χ1v) is 6.08. The quantitative estimate of drug-likeness (QED) is 0.915. The zero-order chi connectivity index (χ0) is 13.6. The summed E-state index contributed by atoms with van der Waals surface area (Å²) in [5.41, 5.74) is 0.115. The molecule has 1 aromatic heterocycles. The predicted octanol–water partition coefficient (Wildman–Crippen LogP) is 2.04. The van der Waals surface area contributed by atoms with Crippen LogP contribution in [-0.4, -0.2) is 22.8 Å². The van der Waals surface area contributed by atoms with Gasteiger partial charge >= 0.3 is 5.97 Å². The second-order valence-corrected chi connectivity index (χ2v) is 4.70. The van der Waals surface area contributed by atoms with Gasteiger partial charge in [-0.15, -0.1) is 0 Å². The second-order valence-electron chi connectivity index (χ2n) is 4.70. The third kappa shape index (κ3) is 1.87. The van der Waals surface area contributed by atoms with E-state index in [4.69, 9.17) is 9.84 Å². The van der Waals surface area contributed by atoms with Gasteiger partial charge in [0.05, 0.1) is 18.0 Å². The van der Waals surface area contributed by atoms with Crippen molar-refractivity contribution in [3.05, 3.63) is 40.2 Å². The van der Waals surface area contributed by atoms with Crippen LogP contribution in [0.4, 0.5) is 0 Å². The maximum Gasteiger partial charge on any atom is 0.341 e. The first kappa shape index (κ1) is 11.8. The van der Waals surface area contributed by atoms with Crippen LogP contribution in [0.15, 0.2) is 29.2 Å².